The summed E-state index contributed by atoms with van der Waals surface area (Å²) >= 11 is 0. The lowest BCUT2D eigenvalue weighted by Crippen LogP contribution is -2.52. The summed E-state index contributed by atoms with van der Waals surface area (Å²) < 4.78 is 20.8. The molecule has 0 radical (unpaired) electrons. The monoisotopic (exact) mass is 375 g/mol. The summed E-state index contributed by atoms with van der Waals surface area (Å²) in [7, 11) is 1.14. The predicted octanol–water partition coefficient (Wildman–Crippen LogP) is -0.978. The van der Waals surface area contributed by atoms with Crippen molar-refractivity contribution in [3.63, 3.8) is 0 Å². The Morgan fingerprint density at radius 2 is 2.19 bits per heavy atom. The molecule has 1 aliphatic rings. The Balaban J connectivity index is 1.98. The van der Waals surface area contributed by atoms with Gasteiger partial charge in [-0.2, -0.15) is 5.10 Å². The number of aryl methyl sites for hydroxylation is 1. The highest BCUT2D eigenvalue weighted by Crippen LogP contribution is 2.24. The van der Waals surface area contributed by atoms with Crippen LogP contribution in [0.4, 0.5) is 4.39 Å². The van der Waals surface area contributed by atoms with Crippen molar-refractivity contribution in [3.05, 3.63) is 47.0 Å². The molecule has 1 aliphatic heterocycles. The van der Waals surface area contributed by atoms with Gasteiger partial charge in [-0.1, -0.05) is 6.07 Å². The average molecular weight is 375 g/mol. The topological polar surface area (TPSA) is 105 Å². The van der Waals surface area contributed by atoms with E-state index in [0.717, 1.165) is 11.6 Å². The third-order valence-electron chi connectivity index (χ3n) is 4.69. The number of carbonyl (C=O) groups excluding carboxylic acids is 2. The summed E-state index contributed by atoms with van der Waals surface area (Å²) in [6.07, 6.45) is 3.66. The highest BCUT2D eigenvalue weighted by molar-refractivity contribution is 6.59. The minimum atomic E-state index is -1.81. The Hall–Kier alpha value is -2.72. The SMILES string of the molecule is COC(=O)[C@@H](Cc1cnn(C)c1)N1CCc2c(B(O)O)ccc(F)c2C1=O. The lowest BCUT2D eigenvalue weighted by atomic mass is 9.73. The minimum Gasteiger partial charge on any atom is -0.467 e. The first-order valence-corrected chi connectivity index (χ1v) is 8.37. The molecule has 2 N–H and O–H groups in total. The van der Waals surface area contributed by atoms with E-state index >= 15 is 0 Å². The zero-order valence-electron chi connectivity index (χ0n) is 14.9. The number of hydrogen-bond acceptors (Lipinski definition) is 6. The van der Waals surface area contributed by atoms with Crippen LogP contribution in [0.1, 0.15) is 21.5 Å². The molecule has 1 aromatic carbocycles. The summed E-state index contributed by atoms with van der Waals surface area (Å²) in [5.74, 6) is -2.07. The van der Waals surface area contributed by atoms with Gasteiger partial charge in [0, 0.05) is 26.2 Å². The first-order chi connectivity index (χ1) is 12.8. The van der Waals surface area contributed by atoms with Crippen LogP contribution in [-0.2, 0) is 29.4 Å². The number of rotatable bonds is 5. The molecular weight excluding hydrogens is 356 g/mol. The molecule has 1 atom stereocenters. The molecule has 0 aliphatic carbocycles. The third kappa shape index (κ3) is 3.58. The van der Waals surface area contributed by atoms with E-state index in [2.05, 4.69) is 5.10 Å². The molecular formula is C17H19BFN3O5. The van der Waals surface area contributed by atoms with Gasteiger partial charge in [0.05, 0.1) is 18.9 Å². The summed E-state index contributed by atoms with van der Waals surface area (Å²) in [6.45, 7) is 0.120. The first kappa shape index (κ1) is 19.1. The standard InChI is InChI=1S/C17H19BFN3O5/c1-21-9-10(8-20-21)7-14(17(24)27-2)22-6-5-11-12(18(25)26)3-4-13(19)15(11)16(22)23/h3-4,8-9,14,25-26H,5-7H2,1-2H3/t14-/m1/s1. The Labute approximate surface area is 155 Å². The van der Waals surface area contributed by atoms with Gasteiger partial charge in [-0.05, 0) is 29.1 Å². The van der Waals surface area contributed by atoms with E-state index in [4.69, 9.17) is 4.74 Å². The van der Waals surface area contributed by atoms with Crippen LogP contribution >= 0.6 is 0 Å². The van der Waals surface area contributed by atoms with Crippen LogP contribution < -0.4 is 5.46 Å². The maximum Gasteiger partial charge on any atom is 0.488 e. The van der Waals surface area contributed by atoms with E-state index in [1.807, 2.05) is 0 Å². The van der Waals surface area contributed by atoms with Crippen LogP contribution in [0.15, 0.2) is 24.5 Å². The number of hydrogen-bond donors (Lipinski definition) is 2. The van der Waals surface area contributed by atoms with Gasteiger partial charge < -0.3 is 19.7 Å². The molecule has 1 amide bonds. The number of nitrogens with zero attached hydrogens (tertiary/aromatic N) is 3. The smallest absolute Gasteiger partial charge is 0.467 e. The highest BCUT2D eigenvalue weighted by Gasteiger charge is 2.38. The van der Waals surface area contributed by atoms with Crippen LogP contribution in [0.5, 0.6) is 0 Å². The fourth-order valence-corrected chi connectivity index (χ4v) is 3.41. The van der Waals surface area contributed by atoms with Crippen molar-refractivity contribution in [1.82, 2.24) is 14.7 Å². The van der Waals surface area contributed by atoms with Crippen molar-refractivity contribution < 1.29 is 28.8 Å². The Bertz CT molecular complexity index is 885. The number of ether oxygens (including phenoxy) is 1. The minimum absolute atomic E-state index is 0.0845. The zero-order valence-corrected chi connectivity index (χ0v) is 14.9. The summed E-state index contributed by atoms with van der Waals surface area (Å²) in [5.41, 5.74) is 0.816. The predicted molar refractivity (Wildman–Crippen MR) is 93.7 cm³/mol. The van der Waals surface area contributed by atoms with Crippen LogP contribution in [0.3, 0.4) is 0 Å². The van der Waals surface area contributed by atoms with Gasteiger partial charge in [-0.25, -0.2) is 9.18 Å². The normalized spacial score (nSPS) is 14.7. The van der Waals surface area contributed by atoms with Crippen LogP contribution in [0.2, 0.25) is 0 Å². The zero-order chi connectivity index (χ0) is 19.7. The van der Waals surface area contributed by atoms with Gasteiger partial charge in [0.1, 0.15) is 11.9 Å². The van der Waals surface area contributed by atoms with Gasteiger partial charge in [0.15, 0.2) is 0 Å². The van der Waals surface area contributed by atoms with Crippen LogP contribution in [0, 0.1) is 5.82 Å². The molecule has 1 aromatic heterocycles. The Kier molecular flexibility index (Phi) is 5.29. The van der Waals surface area contributed by atoms with Crippen molar-refractivity contribution in [2.45, 2.75) is 18.9 Å². The quantitative estimate of drug-likeness (QED) is 0.514. The van der Waals surface area contributed by atoms with Gasteiger partial charge in [0.2, 0.25) is 0 Å². The fourth-order valence-electron chi connectivity index (χ4n) is 3.41. The average Bonchev–Trinajstić information content (AvgIpc) is 3.04. The maximum atomic E-state index is 14.4. The molecule has 10 heteroatoms. The lowest BCUT2D eigenvalue weighted by molar-refractivity contribution is -0.146. The van der Waals surface area contributed by atoms with Crippen LogP contribution in [0.25, 0.3) is 0 Å². The van der Waals surface area contributed by atoms with E-state index in [1.165, 1.54) is 18.1 Å². The van der Waals surface area contributed by atoms with E-state index in [-0.39, 0.29) is 36.0 Å². The fraction of sp³-hybridized carbons (Fsp3) is 0.353. The molecule has 2 aromatic rings. The molecule has 0 saturated heterocycles. The van der Waals surface area contributed by atoms with Crippen molar-refractivity contribution in [3.8, 4) is 0 Å². The van der Waals surface area contributed by atoms with Crippen molar-refractivity contribution >= 4 is 24.5 Å². The number of amides is 1. The molecule has 2 heterocycles. The van der Waals surface area contributed by atoms with Crippen molar-refractivity contribution in [1.29, 1.82) is 0 Å². The van der Waals surface area contributed by atoms with Gasteiger partial charge in [-0.15, -0.1) is 0 Å². The van der Waals surface area contributed by atoms with Gasteiger partial charge >= 0.3 is 13.1 Å². The Morgan fingerprint density at radius 1 is 1.44 bits per heavy atom. The highest BCUT2D eigenvalue weighted by atomic mass is 19.1. The second-order valence-electron chi connectivity index (χ2n) is 6.38. The molecule has 0 fully saturated rings. The number of aromatic nitrogens is 2. The summed E-state index contributed by atoms with van der Waals surface area (Å²) in [4.78, 5) is 26.5. The van der Waals surface area contributed by atoms with Crippen LogP contribution in [-0.4, -0.2) is 63.4 Å². The van der Waals surface area contributed by atoms with E-state index in [9.17, 15) is 24.0 Å². The summed E-state index contributed by atoms with van der Waals surface area (Å²) in [5, 5.41) is 23.0. The van der Waals surface area contributed by atoms with Gasteiger partial charge in [-0.3, -0.25) is 9.48 Å². The second kappa shape index (κ2) is 7.49. The lowest BCUT2D eigenvalue weighted by Gasteiger charge is -2.34. The molecule has 8 nitrogen and oxygen atoms in total. The molecule has 0 spiro atoms. The first-order valence-electron chi connectivity index (χ1n) is 8.37. The molecule has 0 bridgehead atoms. The molecule has 27 heavy (non-hydrogen) atoms. The van der Waals surface area contributed by atoms with E-state index in [0.29, 0.717) is 0 Å². The number of carbonyl (C=O) groups is 2. The number of halogens is 1. The van der Waals surface area contributed by atoms with E-state index < -0.39 is 30.9 Å². The summed E-state index contributed by atoms with van der Waals surface area (Å²) in [6, 6.07) is 1.32. The number of esters is 1. The van der Waals surface area contributed by atoms with Crippen molar-refractivity contribution in [2.75, 3.05) is 13.7 Å². The number of fused-ring (bicyclic) bond motifs is 1. The third-order valence-corrected chi connectivity index (χ3v) is 4.69. The second-order valence-corrected chi connectivity index (χ2v) is 6.38. The number of benzene rings is 1. The number of methoxy groups -OCH3 is 1. The molecule has 0 unspecified atom stereocenters. The van der Waals surface area contributed by atoms with Gasteiger partial charge in [0.25, 0.3) is 5.91 Å². The molecule has 0 saturated carbocycles. The van der Waals surface area contributed by atoms with Crippen molar-refractivity contribution in [2.24, 2.45) is 7.05 Å². The van der Waals surface area contributed by atoms with E-state index in [1.54, 1.807) is 24.1 Å². The largest absolute Gasteiger partial charge is 0.488 e. The Morgan fingerprint density at radius 3 is 2.78 bits per heavy atom. The maximum absolute atomic E-state index is 14.4. The molecule has 3 rings (SSSR count). The molecule has 142 valence electrons.